The zero-order valence-electron chi connectivity index (χ0n) is 12.2. The summed E-state index contributed by atoms with van der Waals surface area (Å²) in [5.41, 5.74) is 6.97. The molecule has 0 bridgehead atoms. The number of aromatic nitrogens is 4. The summed E-state index contributed by atoms with van der Waals surface area (Å²) in [6, 6.07) is 0. The summed E-state index contributed by atoms with van der Waals surface area (Å²) in [6.07, 6.45) is 3.96. The molecule has 18 heavy (non-hydrogen) atoms. The summed E-state index contributed by atoms with van der Waals surface area (Å²) >= 11 is 0. The largest absolute Gasteiger partial charge is 0.325 e. The van der Waals surface area contributed by atoms with Gasteiger partial charge in [-0.2, -0.15) is 4.80 Å². The molecule has 1 saturated carbocycles. The van der Waals surface area contributed by atoms with Crippen LogP contribution in [0.2, 0.25) is 0 Å². The molecule has 0 aromatic carbocycles. The van der Waals surface area contributed by atoms with Crippen LogP contribution in [-0.2, 0) is 13.5 Å². The molecular formula is C13H25N5. The van der Waals surface area contributed by atoms with Crippen LogP contribution in [0, 0.1) is 10.8 Å². The Balaban J connectivity index is 2.19. The van der Waals surface area contributed by atoms with E-state index < -0.39 is 0 Å². The maximum atomic E-state index is 6.63. The molecule has 102 valence electrons. The van der Waals surface area contributed by atoms with Crippen molar-refractivity contribution in [3.63, 3.8) is 0 Å². The lowest BCUT2D eigenvalue weighted by atomic mass is 9.58. The van der Waals surface area contributed by atoms with Crippen LogP contribution in [0.5, 0.6) is 0 Å². The highest BCUT2D eigenvalue weighted by molar-refractivity contribution is 5.04. The van der Waals surface area contributed by atoms with Gasteiger partial charge >= 0.3 is 0 Å². The molecule has 0 atom stereocenters. The first-order chi connectivity index (χ1) is 8.09. The van der Waals surface area contributed by atoms with Gasteiger partial charge in [-0.05, 0) is 35.3 Å². The Labute approximate surface area is 109 Å². The van der Waals surface area contributed by atoms with E-state index in [2.05, 4.69) is 43.1 Å². The SMILES string of the molecule is Cn1nnc(CC2(N)CC(C)(C)CC(C)(C)C2)n1. The van der Waals surface area contributed by atoms with E-state index in [4.69, 9.17) is 5.73 Å². The maximum Gasteiger partial charge on any atom is 0.176 e. The minimum atomic E-state index is -0.214. The van der Waals surface area contributed by atoms with Crippen LogP contribution in [0.1, 0.15) is 52.8 Å². The van der Waals surface area contributed by atoms with Crippen LogP contribution in [0.4, 0.5) is 0 Å². The normalized spacial score (nSPS) is 25.0. The molecule has 0 spiro atoms. The Morgan fingerprint density at radius 1 is 1.11 bits per heavy atom. The molecule has 5 nitrogen and oxygen atoms in total. The van der Waals surface area contributed by atoms with Crippen molar-refractivity contribution in [1.29, 1.82) is 0 Å². The zero-order chi connectivity index (χ0) is 13.6. The molecule has 1 aliphatic rings. The summed E-state index contributed by atoms with van der Waals surface area (Å²) in [4.78, 5) is 1.50. The first kappa shape index (κ1) is 13.5. The Bertz CT molecular complexity index is 416. The number of aryl methyl sites for hydroxylation is 1. The molecule has 5 heteroatoms. The molecule has 1 aromatic heterocycles. The van der Waals surface area contributed by atoms with Crippen molar-refractivity contribution in [2.45, 2.75) is 58.9 Å². The minimum absolute atomic E-state index is 0.214. The van der Waals surface area contributed by atoms with E-state index in [9.17, 15) is 0 Å². The molecule has 0 radical (unpaired) electrons. The zero-order valence-corrected chi connectivity index (χ0v) is 12.2. The lowest BCUT2D eigenvalue weighted by Gasteiger charge is -2.50. The number of tetrazole rings is 1. The maximum absolute atomic E-state index is 6.63. The van der Waals surface area contributed by atoms with Crippen molar-refractivity contribution < 1.29 is 0 Å². The van der Waals surface area contributed by atoms with E-state index in [1.54, 1.807) is 7.05 Å². The van der Waals surface area contributed by atoms with E-state index >= 15 is 0 Å². The van der Waals surface area contributed by atoms with Crippen LogP contribution >= 0.6 is 0 Å². The van der Waals surface area contributed by atoms with E-state index in [0.717, 1.165) is 18.7 Å². The van der Waals surface area contributed by atoms with Gasteiger partial charge in [-0.1, -0.05) is 27.7 Å². The molecule has 2 N–H and O–H groups in total. The monoisotopic (exact) mass is 251 g/mol. The molecule has 0 unspecified atom stereocenters. The number of rotatable bonds is 2. The van der Waals surface area contributed by atoms with E-state index in [1.165, 1.54) is 11.2 Å². The molecule has 1 fully saturated rings. The van der Waals surface area contributed by atoms with Crippen LogP contribution in [-0.4, -0.2) is 25.7 Å². The molecule has 0 amide bonds. The van der Waals surface area contributed by atoms with Crippen LogP contribution in [0.25, 0.3) is 0 Å². The van der Waals surface area contributed by atoms with Gasteiger partial charge in [0.1, 0.15) is 0 Å². The van der Waals surface area contributed by atoms with Gasteiger partial charge < -0.3 is 5.73 Å². The van der Waals surface area contributed by atoms with Gasteiger partial charge in [0, 0.05) is 12.0 Å². The van der Waals surface area contributed by atoms with Crippen LogP contribution in [0.3, 0.4) is 0 Å². The smallest absolute Gasteiger partial charge is 0.176 e. The highest BCUT2D eigenvalue weighted by Gasteiger charge is 2.45. The molecule has 0 saturated heterocycles. The van der Waals surface area contributed by atoms with Gasteiger partial charge in [-0.25, -0.2) is 0 Å². The summed E-state index contributed by atoms with van der Waals surface area (Å²) in [5.74, 6) is 0.758. The minimum Gasteiger partial charge on any atom is -0.325 e. The van der Waals surface area contributed by atoms with Crippen LogP contribution in [0.15, 0.2) is 0 Å². The topological polar surface area (TPSA) is 69.6 Å². The standard InChI is InChI=1S/C13H25N5/c1-11(2)7-12(3,4)9-13(14,8-11)6-10-15-17-18(5)16-10/h6-9,14H2,1-5H3. The van der Waals surface area contributed by atoms with Crippen molar-refractivity contribution >= 4 is 0 Å². The molecule has 0 aliphatic heterocycles. The third-order valence-electron chi connectivity index (χ3n) is 3.68. The number of hydrogen-bond acceptors (Lipinski definition) is 4. The molecular weight excluding hydrogens is 226 g/mol. The predicted octanol–water partition coefficient (Wildman–Crippen LogP) is 1.69. The second-order valence-electron chi connectivity index (χ2n) is 7.59. The third kappa shape index (κ3) is 3.07. The predicted molar refractivity (Wildman–Crippen MR) is 70.8 cm³/mol. The van der Waals surface area contributed by atoms with Gasteiger partial charge in [0.25, 0.3) is 0 Å². The number of hydrogen-bond donors (Lipinski definition) is 1. The van der Waals surface area contributed by atoms with Crippen molar-refractivity contribution in [3.8, 4) is 0 Å². The Morgan fingerprint density at radius 3 is 2.11 bits per heavy atom. The van der Waals surface area contributed by atoms with Crippen molar-refractivity contribution in [1.82, 2.24) is 20.2 Å². The number of nitrogens with two attached hydrogens (primary N) is 1. The van der Waals surface area contributed by atoms with Gasteiger partial charge in [-0.3, -0.25) is 0 Å². The van der Waals surface area contributed by atoms with Gasteiger partial charge in [0.15, 0.2) is 5.82 Å². The van der Waals surface area contributed by atoms with Crippen molar-refractivity contribution in [3.05, 3.63) is 5.82 Å². The fourth-order valence-corrected chi connectivity index (χ4v) is 4.22. The second kappa shape index (κ2) is 4.02. The average molecular weight is 251 g/mol. The lowest BCUT2D eigenvalue weighted by molar-refractivity contribution is 0.0478. The van der Waals surface area contributed by atoms with Crippen LogP contribution < -0.4 is 5.73 Å². The Morgan fingerprint density at radius 2 is 1.67 bits per heavy atom. The van der Waals surface area contributed by atoms with Gasteiger partial charge in [0.2, 0.25) is 0 Å². The fraction of sp³-hybridized carbons (Fsp3) is 0.923. The van der Waals surface area contributed by atoms with E-state index in [0.29, 0.717) is 6.42 Å². The van der Waals surface area contributed by atoms with E-state index in [-0.39, 0.29) is 16.4 Å². The van der Waals surface area contributed by atoms with Gasteiger partial charge in [0.05, 0.1) is 7.05 Å². The van der Waals surface area contributed by atoms with Gasteiger partial charge in [-0.15, -0.1) is 10.2 Å². The average Bonchev–Trinajstić information content (AvgIpc) is 2.42. The highest BCUT2D eigenvalue weighted by atomic mass is 15.6. The van der Waals surface area contributed by atoms with Crippen molar-refractivity contribution in [2.24, 2.45) is 23.6 Å². The molecule has 1 aliphatic carbocycles. The fourth-order valence-electron chi connectivity index (χ4n) is 4.22. The quantitative estimate of drug-likeness (QED) is 0.868. The Kier molecular flexibility index (Phi) is 3.00. The molecule has 1 heterocycles. The first-order valence-corrected chi connectivity index (χ1v) is 6.61. The Hall–Kier alpha value is -0.970. The number of nitrogens with zero attached hydrogens (tertiary/aromatic N) is 4. The summed E-state index contributed by atoms with van der Waals surface area (Å²) in [6.45, 7) is 9.22. The highest BCUT2D eigenvalue weighted by Crippen LogP contribution is 2.49. The first-order valence-electron chi connectivity index (χ1n) is 6.61. The lowest BCUT2D eigenvalue weighted by Crippen LogP contribution is -2.53. The third-order valence-corrected chi connectivity index (χ3v) is 3.68. The summed E-state index contributed by atoms with van der Waals surface area (Å²) in [5, 5.41) is 12.2. The molecule has 2 rings (SSSR count). The summed E-state index contributed by atoms with van der Waals surface area (Å²) < 4.78 is 0. The summed E-state index contributed by atoms with van der Waals surface area (Å²) in [7, 11) is 1.79. The molecule has 1 aromatic rings. The second-order valence-corrected chi connectivity index (χ2v) is 7.59. The van der Waals surface area contributed by atoms with E-state index in [1.807, 2.05) is 0 Å². The van der Waals surface area contributed by atoms with Crippen molar-refractivity contribution in [2.75, 3.05) is 0 Å².